The lowest BCUT2D eigenvalue weighted by molar-refractivity contribution is -0.141. The number of hydrogen-bond donors (Lipinski definition) is 1. The zero-order valence-corrected chi connectivity index (χ0v) is 6.92. The Hall–Kier alpha value is -0.570. The molecule has 1 N–H and O–H groups in total. The molecular weight excluding hydrogens is 142 g/mol. The maximum Gasteiger partial charge on any atom is 0.222 e. The summed E-state index contributed by atoms with van der Waals surface area (Å²) in [5.74, 6) is 0.192. The summed E-state index contributed by atoms with van der Waals surface area (Å²) in [5, 5.41) is 8.90. The zero-order valence-electron chi connectivity index (χ0n) is 6.92. The fourth-order valence-corrected chi connectivity index (χ4v) is 1.15. The number of rotatable bonds is 3. The van der Waals surface area contributed by atoms with Crippen molar-refractivity contribution in [1.29, 1.82) is 0 Å². The molecule has 0 aromatic rings. The van der Waals surface area contributed by atoms with E-state index in [9.17, 15) is 4.79 Å². The van der Waals surface area contributed by atoms with Crippen molar-refractivity contribution in [2.75, 3.05) is 13.1 Å². The SMILES string of the molecule is CCCCC(=O)N1CC(O)C1. The first kappa shape index (κ1) is 8.53. The molecule has 1 rings (SSSR count). The van der Waals surface area contributed by atoms with Gasteiger partial charge in [-0.1, -0.05) is 13.3 Å². The molecule has 1 amide bonds. The highest BCUT2D eigenvalue weighted by atomic mass is 16.3. The van der Waals surface area contributed by atoms with Gasteiger partial charge in [-0.2, -0.15) is 0 Å². The molecule has 3 heteroatoms. The molecule has 1 aliphatic heterocycles. The second-order valence-corrected chi connectivity index (χ2v) is 3.06. The van der Waals surface area contributed by atoms with Gasteiger partial charge in [0.25, 0.3) is 0 Å². The molecule has 0 atom stereocenters. The molecule has 0 radical (unpaired) electrons. The number of aliphatic hydroxyl groups is 1. The van der Waals surface area contributed by atoms with Gasteiger partial charge in [-0.25, -0.2) is 0 Å². The average Bonchev–Trinajstić information content (AvgIpc) is 1.94. The third-order valence-corrected chi connectivity index (χ3v) is 1.96. The van der Waals surface area contributed by atoms with Crippen LogP contribution in [0.4, 0.5) is 0 Å². The zero-order chi connectivity index (χ0) is 8.27. The van der Waals surface area contributed by atoms with Crippen molar-refractivity contribution in [2.24, 2.45) is 0 Å². The fourth-order valence-electron chi connectivity index (χ4n) is 1.15. The summed E-state index contributed by atoms with van der Waals surface area (Å²) >= 11 is 0. The van der Waals surface area contributed by atoms with Crippen LogP contribution in [0.25, 0.3) is 0 Å². The van der Waals surface area contributed by atoms with Gasteiger partial charge in [-0.15, -0.1) is 0 Å². The molecule has 11 heavy (non-hydrogen) atoms. The van der Waals surface area contributed by atoms with E-state index in [2.05, 4.69) is 6.92 Å². The van der Waals surface area contributed by atoms with Crippen molar-refractivity contribution in [1.82, 2.24) is 4.90 Å². The first-order chi connectivity index (χ1) is 5.24. The minimum absolute atomic E-state index is 0.192. The molecule has 0 saturated carbocycles. The van der Waals surface area contributed by atoms with Gasteiger partial charge in [-0.05, 0) is 6.42 Å². The van der Waals surface area contributed by atoms with Gasteiger partial charge in [0.1, 0.15) is 0 Å². The van der Waals surface area contributed by atoms with E-state index in [1.807, 2.05) is 0 Å². The van der Waals surface area contributed by atoms with Crippen LogP contribution in [0.1, 0.15) is 26.2 Å². The van der Waals surface area contributed by atoms with Gasteiger partial charge in [0.2, 0.25) is 5.91 Å². The van der Waals surface area contributed by atoms with Crippen LogP contribution in [0, 0.1) is 0 Å². The molecule has 1 saturated heterocycles. The summed E-state index contributed by atoms with van der Waals surface area (Å²) in [6.45, 7) is 3.16. The number of β-amino-alcohol motifs (C(OH)–C–C–N with tert-alkyl or cyclic N) is 1. The summed E-state index contributed by atoms with van der Waals surface area (Å²) in [5.41, 5.74) is 0. The second kappa shape index (κ2) is 3.72. The predicted octanol–water partition coefficient (Wildman–Crippen LogP) is 0.380. The molecule has 1 fully saturated rings. The van der Waals surface area contributed by atoms with Crippen molar-refractivity contribution >= 4 is 5.91 Å². The topological polar surface area (TPSA) is 40.5 Å². The highest BCUT2D eigenvalue weighted by molar-refractivity contribution is 5.77. The summed E-state index contributed by atoms with van der Waals surface area (Å²) in [7, 11) is 0. The lowest BCUT2D eigenvalue weighted by atomic mass is 10.1. The summed E-state index contributed by atoms with van der Waals surface area (Å²) in [6, 6.07) is 0. The van der Waals surface area contributed by atoms with Gasteiger partial charge >= 0.3 is 0 Å². The van der Waals surface area contributed by atoms with Crippen molar-refractivity contribution in [2.45, 2.75) is 32.3 Å². The number of unbranched alkanes of at least 4 members (excludes halogenated alkanes) is 1. The molecule has 1 heterocycles. The van der Waals surface area contributed by atoms with Crippen LogP contribution in [0.15, 0.2) is 0 Å². The third kappa shape index (κ3) is 2.19. The van der Waals surface area contributed by atoms with E-state index in [1.165, 1.54) is 0 Å². The van der Waals surface area contributed by atoms with Crippen LogP contribution >= 0.6 is 0 Å². The molecule has 0 aliphatic carbocycles. The molecule has 0 spiro atoms. The number of hydrogen-bond acceptors (Lipinski definition) is 2. The molecule has 1 aliphatic rings. The van der Waals surface area contributed by atoms with Crippen molar-refractivity contribution in [3.63, 3.8) is 0 Å². The maximum absolute atomic E-state index is 11.1. The Morgan fingerprint density at radius 1 is 1.64 bits per heavy atom. The number of carbonyl (C=O) groups is 1. The first-order valence-corrected chi connectivity index (χ1v) is 4.20. The highest BCUT2D eigenvalue weighted by Crippen LogP contribution is 2.10. The standard InChI is InChI=1S/C8H15NO2/c1-2-3-4-8(11)9-5-7(10)6-9/h7,10H,2-6H2,1H3. The largest absolute Gasteiger partial charge is 0.389 e. The van der Waals surface area contributed by atoms with Crippen LogP contribution in [0.5, 0.6) is 0 Å². The maximum atomic E-state index is 11.1. The quantitative estimate of drug-likeness (QED) is 0.643. The van der Waals surface area contributed by atoms with Gasteiger partial charge in [-0.3, -0.25) is 4.79 Å². The van der Waals surface area contributed by atoms with Crippen LogP contribution < -0.4 is 0 Å². The summed E-state index contributed by atoms with van der Waals surface area (Å²) in [4.78, 5) is 12.9. The minimum Gasteiger partial charge on any atom is -0.389 e. The molecule has 3 nitrogen and oxygen atoms in total. The van der Waals surface area contributed by atoms with E-state index in [-0.39, 0.29) is 12.0 Å². The molecule has 0 aromatic carbocycles. The van der Waals surface area contributed by atoms with E-state index in [1.54, 1.807) is 4.90 Å². The van der Waals surface area contributed by atoms with Crippen LogP contribution in [-0.4, -0.2) is 35.1 Å². The van der Waals surface area contributed by atoms with Crippen molar-refractivity contribution in [3.8, 4) is 0 Å². The van der Waals surface area contributed by atoms with Crippen molar-refractivity contribution < 1.29 is 9.90 Å². The van der Waals surface area contributed by atoms with Crippen LogP contribution in [-0.2, 0) is 4.79 Å². The Labute approximate surface area is 67.0 Å². The van der Waals surface area contributed by atoms with E-state index in [0.29, 0.717) is 19.5 Å². The average molecular weight is 157 g/mol. The number of carbonyl (C=O) groups excluding carboxylic acids is 1. The monoisotopic (exact) mass is 157 g/mol. The number of aliphatic hydroxyl groups excluding tert-OH is 1. The van der Waals surface area contributed by atoms with Crippen LogP contribution in [0.3, 0.4) is 0 Å². The van der Waals surface area contributed by atoms with Crippen LogP contribution in [0.2, 0.25) is 0 Å². The normalized spacial score (nSPS) is 18.2. The molecule has 0 aromatic heterocycles. The van der Waals surface area contributed by atoms with Gasteiger partial charge in [0.15, 0.2) is 0 Å². The second-order valence-electron chi connectivity index (χ2n) is 3.06. The Morgan fingerprint density at radius 3 is 2.73 bits per heavy atom. The molecule has 0 bridgehead atoms. The third-order valence-electron chi connectivity index (χ3n) is 1.96. The molecule has 0 unspecified atom stereocenters. The smallest absolute Gasteiger partial charge is 0.222 e. The minimum atomic E-state index is -0.263. The predicted molar refractivity (Wildman–Crippen MR) is 42.1 cm³/mol. The van der Waals surface area contributed by atoms with E-state index < -0.39 is 0 Å². The van der Waals surface area contributed by atoms with E-state index in [4.69, 9.17) is 5.11 Å². The number of amides is 1. The fraction of sp³-hybridized carbons (Fsp3) is 0.875. The number of nitrogens with zero attached hydrogens (tertiary/aromatic N) is 1. The number of likely N-dealkylation sites (tertiary alicyclic amines) is 1. The van der Waals surface area contributed by atoms with E-state index in [0.717, 1.165) is 12.8 Å². The van der Waals surface area contributed by atoms with Crippen molar-refractivity contribution in [3.05, 3.63) is 0 Å². The Balaban J connectivity index is 2.11. The Bertz CT molecular complexity index is 141. The van der Waals surface area contributed by atoms with Gasteiger partial charge < -0.3 is 10.0 Å². The summed E-state index contributed by atoms with van der Waals surface area (Å²) in [6.07, 6.45) is 2.40. The Kier molecular flexibility index (Phi) is 2.88. The lowest BCUT2D eigenvalue weighted by Gasteiger charge is -2.35. The molecule has 64 valence electrons. The first-order valence-electron chi connectivity index (χ1n) is 4.20. The van der Waals surface area contributed by atoms with E-state index >= 15 is 0 Å². The highest BCUT2D eigenvalue weighted by Gasteiger charge is 2.27. The Morgan fingerprint density at radius 2 is 2.27 bits per heavy atom. The molecular formula is C8H15NO2. The van der Waals surface area contributed by atoms with Gasteiger partial charge in [0.05, 0.1) is 6.10 Å². The van der Waals surface area contributed by atoms with Gasteiger partial charge in [0, 0.05) is 19.5 Å². The lowest BCUT2D eigenvalue weighted by Crippen LogP contribution is -2.53. The summed E-state index contributed by atoms with van der Waals surface area (Å²) < 4.78 is 0.